The molecule has 0 radical (unpaired) electrons. The quantitative estimate of drug-likeness (QED) is 0.761. The molecule has 0 saturated heterocycles. The van der Waals surface area contributed by atoms with E-state index in [2.05, 4.69) is 21.4 Å². The van der Waals surface area contributed by atoms with Crippen molar-refractivity contribution in [2.24, 2.45) is 0 Å². The van der Waals surface area contributed by atoms with Gasteiger partial charge in [-0.25, -0.2) is 0 Å². The van der Waals surface area contributed by atoms with Crippen LogP contribution in [0.4, 0.5) is 0 Å². The first kappa shape index (κ1) is 15.9. The van der Waals surface area contributed by atoms with E-state index in [1.807, 2.05) is 58.0 Å². The Morgan fingerprint density at radius 3 is 1.76 bits per heavy atom. The molecule has 0 aliphatic carbocycles. The molecule has 0 N–H and O–H groups in total. The molecule has 2 aromatic carbocycles. The average molecular weight is 302 g/mol. The molecule has 0 aromatic heterocycles. The van der Waals surface area contributed by atoms with Gasteiger partial charge in [-0.1, -0.05) is 30.3 Å². The van der Waals surface area contributed by atoms with Gasteiger partial charge in [-0.15, -0.1) is 9.24 Å². The van der Waals surface area contributed by atoms with Gasteiger partial charge in [0.25, 0.3) is 0 Å². The molecule has 0 spiro atoms. The molecule has 0 aliphatic heterocycles. The molecule has 1 atom stereocenters. The van der Waals surface area contributed by atoms with Crippen LogP contribution in [0.3, 0.4) is 0 Å². The summed E-state index contributed by atoms with van der Waals surface area (Å²) >= 11 is 0. The zero-order valence-electron chi connectivity index (χ0n) is 13.1. The monoisotopic (exact) mass is 302 g/mol. The third-order valence-corrected chi connectivity index (χ3v) is 3.45. The second-order valence-electron chi connectivity index (χ2n) is 5.55. The summed E-state index contributed by atoms with van der Waals surface area (Å²) in [4.78, 5) is 0. The number of benzene rings is 2. The first-order chi connectivity index (χ1) is 9.99. The highest BCUT2D eigenvalue weighted by molar-refractivity contribution is 7.28. The molecule has 3 heteroatoms. The first-order valence-corrected chi connectivity index (χ1v) is 7.88. The zero-order chi connectivity index (χ0) is 15.4. The summed E-state index contributed by atoms with van der Waals surface area (Å²) in [5.74, 6) is 1.72. The lowest BCUT2D eigenvalue weighted by Gasteiger charge is -2.20. The standard InChI is InChI=1S/C18H23O2P/c1-12(2)19-15-9-7-10-16(20-13(3)4)18(15)14-8-5-6-11-17(14)21/h5-13H,21H2,1-4H3. The van der Waals surface area contributed by atoms with Crippen LogP contribution in [0.15, 0.2) is 42.5 Å². The Labute approximate surface area is 129 Å². The van der Waals surface area contributed by atoms with Crippen LogP contribution < -0.4 is 14.8 Å². The van der Waals surface area contributed by atoms with Crippen molar-refractivity contribution in [3.63, 3.8) is 0 Å². The minimum atomic E-state index is 0.120. The zero-order valence-corrected chi connectivity index (χ0v) is 14.2. The SMILES string of the molecule is CC(C)Oc1cccc(OC(C)C)c1-c1ccccc1P. The molecule has 0 fully saturated rings. The summed E-state index contributed by atoms with van der Waals surface area (Å²) in [7, 11) is 2.78. The third-order valence-electron chi connectivity index (χ3n) is 2.94. The van der Waals surface area contributed by atoms with E-state index >= 15 is 0 Å². The summed E-state index contributed by atoms with van der Waals surface area (Å²) in [5.41, 5.74) is 2.14. The van der Waals surface area contributed by atoms with Crippen molar-refractivity contribution in [2.45, 2.75) is 39.9 Å². The van der Waals surface area contributed by atoms with E-state index in [4.69, 9.17) is 9.47 Å². The molecule has 0 heterocycles. The van der Waals surface area contributed by atoms with Gasteiger partial charge in [-0.3, -0.25) is 0 Å². The fraction of sp³-hybridized carbons (Fsp3) is 0.333. The molecule has 2 nitrogen and oxygen atoms in total. The van der Waals surface area contributed by atoms with Crippen molar-refractivity contribution in [3.05, 3.63) is 42.5 Å². The molecule has 21 heavy (non-hydrogen) atoms. The maximum absolute atomic E-state index is 5.99. The number of ether oxygens (including phenoxy) is 2. The Bertz CT molecular complexity index is 578. The highest BCUT2D eigenvalue weighted by atomic mass is 31.0. The van der Waals surface area contributed by atoms with Crippen LogP contribution in [0.25, 0.3) is 11.1 Å². The van der Waals surface area contributed by atoms with Gasteiger partial charge in [0.1, 0.15) is 11.5 Å². The predicted octanol–water partition coefficient (Wildman–Crippen LogP) is 4.43. The van der Waals surface area contributed by atoms with E-state index in [1.165, 1.54) is 0 Å². The van der Waals surface area contributed by atoms with Crippen LogP contribution in [0.5, 0.6) is 11.5 Å². The van der Waals surface area contributed by atoms with Crippen LogP contribution in [0, 0.1) is 0 Å². The third kappa shape index (κ3) is 3.98. The summed E-state index contributed by atoms with van der Waals surface area (Å²) in [6.07, 6.45) is 0.240. The number of hydrogen-bond acceptors (Lipinski definition) is 2. The average Bonchev–Trinajstić information content (AvgIpc) is 2.39. The maximum atomic E-state index is 5.99. The normalized spacial score (nSPS) is 11.0. The smallest absolute Gasteiger partial charge is 0.131 e. The lowest BCUT2D eigenvalue weighted by molar-refractivity contribution is 0.231. The summed E-state index contributed by atoms with van der Waals surface area (Å²) in [6.45, 7) is 8.14. The van der Waals surface area contributed by atoms with Gasteiger partial charge in [0.15, 0.2) is 0 Å². The van der Waals surface area contributed by atoms with E-state index in [0.29, 0.717) is 0 Å². The van der Waals surface area contributed by atoms with E-state index < -0.39 is 0 Å². The van der Waals surface area contributed by atoms with Crippen LogP contribution >= 0.6 is 9.24 Å². The lowest BCUT2D eigenvalue weighted by atomic mass is 10.0. The topological polar surface area (TPSA) is 18.5 Å². The fourth-order valence-corrected chi connectivity index (χ4v) is 2.56. The van der Waals surface area contributed by atoms with Gasteiger partial charge in [-0.05, 0) is 50.7 Å². The molecular weight excluding hydrogens is 279 g/mol. The van der Waals surface area contributed by atoms with E-state index in [0.717, 1.165) is 27.9 Å². The molecular formula is C18H23O2P. The van der Waals surface area contributed by atoms with E-state index in [1.54, 1.807) is 0 Å². The molecule has 0 bridgehead atoms. The summed E-state index contributed by atoms with van der Waals surface area (Å²) in [5, 5.41) is 1.13. The highest BCUT2D eigenvalue weighted by Gasteiger charge is 2.16. The molecule has 2 aromatic rings. The minimum Gasteiger partial charge on any atom is -0.490 e. The van der Waals surface area contributed by atoms with Crippen LogP contribution in [-0.4, -0.2) is 12.2 Å². The van der Waals surface area contributed by atoms with Gasteiger partial charge >= 0.3 is 0 Å². The van der Waals surface area contributed by atoms with E-state index in [9.17, 15) is 0 Å². The number of rotatable bonds is 5. The Hall–Kier alpha value is -1.53. The van der Waals surface area contributed by atoms with Gasteiger partial charge in [0, 0.05) is 0 Å². The van der Waals surface area contributed by atoms with Crippen molar-refractivity contribution >= 4 is 14.5 Å². The van der Waals surface area contributed by atoms with Crippen LogP contribution in [0.1, 0.15) is 27.7 Å². The van der Waals surface area contributed by atoms with Gasteiger partial charge < -0.3 is 9.47 Å². The molecule has 0 saturated carbocycles. The maximum Gasteiger partial charge on any atom is 0.131 e. The van der Waals surface area contributed by atoms with Gasteiger partial charge in [0.05, 0.1) is 17.8 Å². The Morgan fingerprint density at radius 1 is 0.762 bits per heavy atom. The Balaban J connectivity index is 2.60. The van der Waals surface area contributed by atoms with Crippen molar-refractivity contribution in [1.82, 2.24) is 0 Å². The first-order valence-electron chi connectivity index (χ1n) is 7.30. The van der Waals surface area contributed by atoms with Gasteiger partial charge in [-0.2, -0.15) is 0 Å². The van der Waals surface area contributed by atoms with Crippen LogP contribution in [-0.2, 0) is 0 Å². The molecule has 0 aliphatic rings. The highest BCUT2D eigenvalue weighted by Crippen LogP contribution is 2.39. The molecule has 2 rings (SSSR count). The van der Waals surface area contributed by atoms with Crippen molar-refractivity contribution in [1.29, 1.82) is 0 Å². The second kappa shape index (κ2) is 6.95. The van der Waals surface area contributed by atoms with Crippen molar-refractivity contribution in [2.75, 3.05) is 0 Å². The molecule has 0 amide bonds. The minimum absolute atomic E-state index is 0.120. The molecule has 112 valence electrons. The lowest BCUT2D eigenvalue weighted by Crippen LogP contribution is -2.11. The predicted molar refractivity (Wildman–Crippen MR) is 92.8 cm³/mol. The van der Waals surface area contributed by atoms with Gasteiger partial charge in [0.2, 0.25) is 0 Å². The van der Waals surface area contributed by atoms with Crippen molar-refractivity contribution in [3.8, 4) is 22.6 Å². The fourth-order valence-electron chi connectivity index (χ4n) is 2.21. The molecule has 1 unspecified atom stereocenters. The van der Waals surface area contributed by atoms with E-state index in [-0.39, 0.29) is 12.2 Å². The Morgan fingerprint density at radius 2 is 1.29 bits per heavy atom. The van der Waals surface area contributed by atoms with Crippen LogP contribution in [0.2, 0.25) is 0 Å². The van der Waals surface area contributed by atoms with Crippen molar-refractivity contribution < 1.29 is 9.47 Å². The largest absolute Gasteiger partial charge is 0.490 e. The number of hydrogen-bond donors (Lipinski definition) is 0. The second-order valence-corrected chi connectivity index (χ2v) is 6.17. The summed E-state index contributed by atoms with van der Waals surface area (Å²) < 4.78 is 12.0. The Kier molecular flexibility index (Phi) is 5.25. The summed E-state index contributed by atoms with van der Waals surface area (Å²) in [6, 6.07) is 14.2.